The molecule has 0 spiro atoms. The van der Waals surface area contributed by atoms with Gasteiger partial charge in [0.25, 0.3) is 0 Å². The van der Waals surface area contributed by atoms with Gasteiger partial charge in [0.05, 0.1) is 16.3 Å². The van der Waals surface area contributed by atoms with Crippen molar-refractivity contribution in [3.8, 4) is 0 Å². The summed E-state index contributed by atoms with van der Waals surface area (Å²) in [5.41, 5.74) is 5.67. The quantitative estimate of drug-likeness (QED) is 0.846. The van der Waals surface area contributed by atoms with E-state index in [-0.39, 0.29) is 27.3 Å². The van der Waals surface area contributed by atoms with Gasteiger partial charge in [0, 0.05) is 21.2 Å². The third-order valence-corrected chi connectivity index (χ3v) is 5.96. The van der Waals surface area contributed by atoms with Gasteiger partial charge in [-0.05, 0) is 24.3 Å². The summed E-state index contributed by atoms with van der Waals surface area (Å²) in [5.74, 6) is -1.66. The Morgan fingerprint density at radius 3 is 2.00 bits per heavy atom. The van der Waals surface area contributed by atoms with Crippen molar-refractivity contribution < 1.29 is 18.0 Å². The Balaban J connectivity index is 2.03. The van der Waals surface area contributed by atoms with E-state index in [1.54, 1.807) is 24.3 Å². The molecule has 0 saturated heterocycles. The molecular formula is C17H12BrNO4S. The molecule has 0 amide bonds. The highest BCUT2D eigenvalue weighted by Gasteiger charge is 2.33. The van der Waals surface area contributed by atoms with Crippen molar-refractivity contribution in [3.63, 3.8) is 0 Å². The molecule has 0 saturated carbocycles. The Labute approximate surface area is 147 Å². The molecule has 5 nitrogen and oxygen atoms in total. The number of hydrogen-bond donors (Lipinski definition) is 1. The van der Waals surface area contributed by atoms with Gasteiger partial charge in [0.15, 0.2) is 15.6 Å². The summed E-state index contributed by atoms with van der Waals surface area (Å²) in [6.45, 7) is 0. The molecule has 0 bridgehead atoms. The molecule has 122 valence electrons. The second-order valence-electron chi connectivity index (χ2n) is 5.31. The monoisotopic (exact) mass is 405 g/mol. The SMILES string of the molecule is NC1=C(CS(=O)(=O)c2ccc(Br)cc2)C(=O)c2ccccc2C1=O. The minimum Gasteiger partial charge on any atom is -0.395 e. The molecule has 0 unspecified atom stereocenters. The van der Waals surface area contributed by atoms with Gasteiger partial charge in [-0.25, -0.2) is 8.42 Å². The van der Waals surface area contributed by atoms with E-state index in [4.69, 9.17) is 5.73 Å². The summed E-state index contributed by atoms with van der Waals surface area (Å²) in [4.78, 5) is 24.9. The van der Waals surface area contributed by atoms with Crippen molar-refractivity contribution in [2.24, 2.45) is 5.73 Å². The van der Waals surface area contributed by atoms with Crippen LogP contribution in [0, 0.1) is 0 Å². The van der Waals surface area contributed by atoms with Gasteiger partial charge >= 0.3 is 0 Å². The summed E-state index contributed by atoms with van der Waals surface area (Å²) >= 11 is 3.23. The van der Waals surface area contributed by atoms with Crippen LogP contribution in [-0.2, 0) is 9.84 Å². The number of halogens is 1. The largest absolute Gasteiger partial charge is 0.395 e. The normalized spacial score (nSPS) is 14.7. The molecule has 2 N–H and O–H groups in total. The van der Waals surface area contributed by atoms with E-state index in [1.165, 1.54) is 24.3 Å². The number of sulfone groups is 1. The predicted octanol–water partition coefficient (Wildman–Crippen LogP) is 2.51. The maximum absolute atomic E-state index is 12.6. The van der Waals surface area contributed by atoms with Crippen LogP contribution in [0.25, 0.3) is 0 Å². The number of nitrogens with two attached hydrogens (primary N) is 1. The Hall–Kier alpha value is -2.25. The van der Waals surface area contributed by atoms with E-state index in [2.05, 4.69) is 15.9 Å². The maximum atomic E-state index is 12.6. The lowest BCUT2D eigenvalue weighted by Crippen LogP contribution is -2.30. The number of hydrogen-bond acceptors (Lipinski definition) is 5. The van der Waals surface area contributed by atoms with Crippen LogP contribution in [0.15, 0.2) is 69.2 Å². The van der Waals surface area contributed by atoms with Gasteiger partial charge < -0.3 is 5.73 Å². The van der Waals surface area contributed by atoms with E-state index in [0.717, 1.165) is 4.47 Å². The number of Topliss-reactive ketones (excluding diaryl/α,β-unsaturated/α-hetero) is 2. The topological polar surface area (TPSA) is 94.3 Å². The standard InChI is InChI=1S/C17H12BrNO4S/c18-10-5-7-11(8-6-10)24(22,23)9-14-15(19)17(21)13-4-2-1-3-12(13)16(14)20/h1-8H,9,19H2. The summed E-state index contributed by atoms with van der Waals surface area (Å²) in [7, 11) is -3.80. The van der Waals surface area contributed by atoms with Crippen LogP contribution >= 0.6 is 15.9 Å². The molecule has 0 atom stereocenters. The Kier molecular flexibility index (Phi) is 4.15. The summed E-state index contributed by atoms with van der Waals surface area (Å²) in [5, 5.41) is 0. The smallest absolute Gasteiger partial charge is 0.209 e. The number of allylic oxidation sites excluding steroid dienone is 1. The lowest BCUT2D eigenvalue weighted by atomic mass is 9.88. The van der Waals surface area contributed by atoms with Crippen molar-refractivity contribution in [3.05, 3.63) is 75.4 Å². The zero-order chi connectivity index (χ0) is 17.5. The lowest BCUT2D eigenvalue weighted by Gasteiger charge is -2.18. The fourth-order valence-corrected chi connectivity index (χ4v) is 4.15. The van der Waals surface area contributed by atoms with Crippen molar-refractivity contribution in [2.45, 2.75) is 4.90 Å². The van der Waals surface area contributed by atoms with Crippen LogP contribution in [0.3, 0.4) is 0 Å². The second kappa shape index (κ2) is 5.99. The van der Waals surface area contributed by atoms with E-state index in [0.29, 0.717) is 0 Å². The number of benzene rings is 2. The van der Waals surface area contributed by atoms with Gasteiger partial charge in [0.2, 0.25) is 5.78 Å². The molecule has 1 aliphatic rings. The zero-order valence-corrected chi connectivity index (χ0v) is 14.7. The lowest BCUT2D eigenvalue weighted by molar-refractivity contribution is 0.0974. The van der Waals surface area contributed by atoms with E-state index in [9.17, 15) is 18.0 Å². The van der Waals surface area contributed by atoms with Crippen molar-refractivity contribution in [1.82, 2.24) is 0 Å². The number of fused-ring (bicyclic) bond motifs is 1. The van der Waals surface area contributed by atoms with Crippen LogP contribution in [0.1, 0.15) is 20.7 Å². The summed E-state index contributed by atoms with van der Waals surface area (Å²) in [6, 6.07) is 12.3. The van der Waals surface area contributed by atoms with Crippen LogP contribution in [0.5, 0.6) is 0 Å². The number of rotatable bonds is 3. The molecule has 1 aliphatic carbocycles. The minimum atomic E-state index is -3.80. The van der Waals surface area contributed by atoms with Gasteiger partial charge in [-0.3, -0.25) is 9.59 Å². The molecular weight excluding hydrogens is 394 g/mol. The minimum absolute atomic E-state index is 0.0603. The Bertz CT molecular complexity index is 992. The fourth-order valence-electron chi connectivity index (χ4n) is 2.50. The molecule has 0 aliphatic heterocycles. The molecule has 2 aromatic rings. The Morgan fingerprint density at radius 1 is 0.875 bits per heavy atom. The molecule has 0 fully saturated rings. The Morgan fingerprint density at radius 2 is 1.42 bits per heavy atom. The number of ketones is 2. The highest BCUT2D eigenvalue weighted by Crippen LogP contribution is 2.26. The van der Waals surface area contributed by atoms with E-state index in [1.807, 2.05) is 0 Å². The van der Waals surface area contributed by atoms with Gasteiger partial charge in [-0.15, -0.1) is 0 Å². The molecule has 24 heavy (non-hydrogen) atoms. The highest BCUT2D eigenvalue weighted by atomic mass is 79.9. The first kappa shape index (κ1) is 16.6. The highest BCUT2D eigenvalue weighted by molar-refractivity contribution is 9.10. The summed E-state index contributed by atoms with van der Waals surface area (Å²) in [6.07, 6.45) is 0. The summed E-state index contributed by atoms with van der Waals surface area (Å²) < 4.78 is 25.8. The molecule has 3 rings (SSSR count). The average molecular weight is 406 g/mol. The first-order valence-electron chi connectivity index (χ1n) is 6.96. The van der Waals surface area contributed by atoms with Crippen LogP contribution in [0.2, 0.25) is 0 Å². The van der Waals surface area contributed by atoms with Gasteiger partial charge in [0.1, 0.15) is 0 Å². The number of carbonyl (C=O) groups is 2. The van der Waals surface area contributed by atoms with Crippen molar-refractivity contribution in [2.75, 3.05) is 5.75 Å². The van der Waals surface area contributed by atoms with Crippen LogP contribution in [0.4, 0.5) is 0 Å². The maximum Gasteiger partial charge on any atom is 0.209 e. The third kappa shape index (κ3) is 2.81. The average Bonchev–Trinajstić information content (AvgIpc) is 2.57. The van der Waals surface area contributed by atoms with E-state index >= 15 is 0 Å². The van der Waals surface area contributed by atoms with Gasteiger partial charge in [-0.2, -0.15) is 0 Å². The van der Waals surface area contributed by atoms with Crippen LogP contribution < -0.4 is 5.73 Å². The molecule has 0 aromatic heterocycles. The molecule has 7 heteroatoms. The third-order valence-electron chi connectivity index (χ3n) is 3.77. The first-order valence-corrected chi connectivity index (χ1v) is 9.41. The van der Waals surface area contributed by atoms with Crippen molar-refractivity contribution >= 4 is 37.3 Å². The van der Waals surface area contributed by atoms with Crippen LogP contribution in [-0.4, -0.2) is 25.7 Å². The molecule has 0 heterocycles. The zero-order valence-electron chi connectivity index (χ0n) is 12.3. The number of carbonyl (C=O) groups excluding carboxylic acids is 2. The van der Waals surface area contributed by atoms with Gasteiger partial charge in [-0.1, -0.05) is 40.2 Å². The molecule has 2 aromatic carbocycles. The van der Waals surface area contributed by atoms with Crippen molar-refractivity contribution in [1.29, 1.82) is 0 Å². The molecule has 0 radical (unpaired) electrons. The second-order valence-corrected chi connectivity index (χ2v) is 8.21. The predicted molar refractivity (Wildman–Crippen MR) is 92.5 cm³/mol. The fraction of sp³-hybridized carbons (Fsp3) is 0.0588. The van der Waals surface area contributed by atoms with E-state index < -0.39 is 27.2 Å². The first-order chi connectivity index (χ1) is 11.3.